The molecule has 0 radical (unpaired) electrons. The highest BCUT2D eigenvalue weighted by molar-refractivity contribution is 6.30. The molecule has 1 aromatic carbocycles. The van der Waals surface area contributed by atoms with Gasteiger partial charge in [-0.3, -0.25) is 9.59 Å². The average molecular weight is 401 g/mol. The Hall–Kier alpha value is -2.34. The Bertz CT molecular complexity index is 892. The average Bonchev–Trinajstić information content (AvgIpc) is 3.33. The van der Waals surface area contributed by atoms with E-state index < -0.39 is 6.04 Å². The summed E-state index contributed by atoms with van der Waals surface area (Å²) in [6.07, 6.45) is 6.32. The van der Waals surface area contributed by atoms with Crippen molar-refractivity contribution in [3.63, 3.8) is 0 Å². The maximum atomic E-state index is 12.7. The van der Waals surface area contributed by atoms with Crippen LogP contribution < -0.4 is 5.32 Å². The molecule has 0 unspecified atom stereocenters. The molecule has 28 heavy (non-hydrogen) atoms. The van der Waals surface area contributed by atoms with Gasteiger partial charge in [0.1, 0.15) is 6.04 Å². The van der Waals surface area contributed by atoms with E-state index in [9.17, 15) is 9.59 Å². The number of nitrogens with one attached hydrogen (secondary N) is 1. The first-order valence-corrected chi connectivity index (χ1v) is 10.2. The molecule has 7 heteroatoms. The van der Waals surface area contributed by atoms with Crippen LogP contribution in [0.5, 0.6) is 0 Å². The van der Waals surface area contributed by atoms with Crippen LogP contribution in [0, 0.1) is 12.3 Å². The van der Waals surface area contributed by atoms with Crippen LogP contribution in [0.2, 0.25) is 5.02 Å². The van der Waals surface area contributed by atoms with E-state index in [1.54, 1.807) is 23.7 Å². The molecule has 1 atom stereocenters. The van der Waals surface area contributed by atoms with Crippen LogP contribution in [0.15, 0.2) is 30.5 Å². The fourth-order valence-electron chi connectivity index (χ4n) is 3.96. The number of piperidine rings is 1. The number of likely N-dealkylation sites (tertiary alicyclic amines) is 1. The number of carbonyl (C=O) groups excluding carboxylic acids is 2. The summed E-state index contributed by atoms with van der Waals surface area (Å²) in [7, 11) is 0. The number of benzene rings is 1. The van der Waals surface area contributed by atoms with E-state index >= 15 is 0 Å². The first-order chi connectivity index (χ1) is 13.4. The van der Waals surface area contributed by atoms with Crippen molar-refractivity contribution in [2.24, 2.45) is 5.41 Å². The second-order valence-electron chi connectivity index (χ2n) is 8.05. The molecule has 2 aromatic rings. The standard InChI is InChI=1S/C21H25ClN4O2/c1-14(20(28)25-11-9-21(7-8-21)10-12-25)24-19(27)18-13-23-26(15(18)2)17-5-3-16(22)4-6-17/h3-6,13-14H,7-12H2,1-2H3,(H,24,27)/t14-/m0/s1. The summed E-state index contributed by atoms with van der Waals surface area (Å²) in [4.78, 5) is 27.3. The lowest BCUT2D eigenvalue weighted by atomic mass is 9.93. The Balaban J connectivity index is 1.40. The molecule has 2 fully saturated rings. The van der Waals surface area contributed by atoms with Gasteiger partial charge in [-0.2, -0.15) is 5.10 Å². The largest absolute Gasteiger partial charge is 0.341 e. The third-order valence-corrected chi connectivity index (χ3v) is 6.39. The van der Waals surface area contributed by atoms with Crippen molar-refractivity contribution < 1.29 is 9.59 Å². The zero-order chi connectivity index (χ0) is 19.9. The summed E-state index contributed by atoms with van der Waals surface area (Å²) in [5.74, 6) is -0.291. The lowest BCUT2D eigenvalue weighted by Gasteiger charge is -2.33. The molecule has 1 spiro atoms. The molecule has 1 aliphatic heterocycles. The molecule has 2 aliphatic rings. The molecule has 6 nitrogen and oxygen atoms in total. The number of hydrogen-bond acceptors (Lipinski definition) is 3. The summed E-state index contributed by atoms with van der Waals surface area (Å²) in [5.41, 5.74) is 2.53. The molecular formula is C21H25ClN4O2. The van der Waals surface area contributed by atoms with Crippen molar-refractivity contribution in [1.82, 2.24) is 20.0 Å². The summed E-state index contributed by atoms with van der Waals surface area (Å²) in [5, 5.41) is 7.80. The van der Waals surface area contributed by atoms with Gasteiger partial charge in [0, 0.05) is 18.1 Å². The van der Waals surface area contributed by atoms with Crippen molar-refractivity contribution in [2.75, 3.05) is 13.1 Å². The van der Waals surface area contributed by atoms with E-state index in [0.717, 1.165) is 31.6 Å². The smallest absolute Gasteiger partial charge is 0.255 e. The van der Waals surface area contributed by atoms with E-state index in [1.165, 1.54) is 19.0 Å². The van der Waals surface area contributed by atoms with Crippen LogP contribution >= 0.6 is 11.6 Å². The highest BCUT2D eigenvalue weighted by Crippen LogP contribution is 2.53. The second-order valence-corrected chi connectivity index (χ2v) is 8.49. The molecule has 148 valence electrons. The van der Waals surface area contributed by atoms with Crippen LogP contribution in [0.3, 0.4) is 0 Å². The molecular weight excluding hydrogens is 376 g/mol. The van der Waals surface area contributed by atoms with Gasteiger partial charge in [-0.05, 0) is 69.2 Å². The van der Waals surface area contributed by atoms with Crippen molar-refractivity contribution in [1.29, 1.82) is 0 Å². The maximum absolute atomic E-state index is 12.7. The van der Waals surface area contributed by atoms with E-state index in [2.05, 4.69) is 10.4 Å². The quantitative estimate of drug-likeness (QED) is 0.855. The van der Waals surface area contributed by atoms with Crippen LogP contribution in [-0.2, 0) is 4.79 Å². The molecule has 1 aromatic heterocycles. The minimum atomic E-state index is -0.556. The highest BCUT2D eigenvalue weighted by Gasteiger charge is 2.45. The Morgan fingerprint density at radius 3 is 2.39 bits per heavy atom. The van der Waals surface area contributed by atoms with Gasteiger partial charge in [0.15, 0.2) is 0 Å². The molecule has 2 amide bonds. The van der Waals surface area contributed by atoms with Crippen molar-refractivity contribution in [2.45, 2.75) is 45.6 Å². The van der Waals surface area contributed by atoms with Gasteiger partial charge >= 0.3 is 0 Å². The number of carbonyl (C=O) groups is 2. The van der Waals surface area contributed by atoms with Gasteiger partial charge in [-0.25, -0.2) is 4.68 Å². The van der Waals surface area contributed by atoms with Crippen LogP contribution in [-0.4, -0.2) is 45.6 Å². The Kier molecular flexibility index (Phi) is 4.91. The molecule has 1 N–H and O–H groups in total. The van der Waals surface area contributed by atoms with E-state index in [1.807, 2.05) is 24.0 Å². The number of hydrogen-bond donors (Lipinski definition) is 1. The first-order valence-electron chi connectivity index (χ1n) is 9.79. The lowest BCUT2D eigenvalue weighted by Crippen LogP contribution is -2.49. The predicted molar refractivity (Wildman–Crippen MR) is 108 cm³/mol. The van der Waals surface area contributed by atoms with Gasteiger partial charge in [0.05, 0.1) is 23.1 Å². The lowest BCUT2D eigenvalue weighted by molar-refractivity contribution is -0.134. The summed E-state index contributed by atoms with van der Waals surface area (Å²) < 4.78 is 1.69. The molecule has 4 rings (SSSR count). The third kappa shape index (κ3) is 3.65. The first kappa shape index (κ1) is 19.0. The number of nitrogens with zero attached hydrogens (tertiary/aromatic N) is 3. The predicted octanol–water partition coefficient (Wildman–Crippen LogP) is 3.36. The zero-order valence-corrected chi connectivity index (χ0v) is 17.0. The highest BCUT2D eigenvalue weighted by atomic mass is 35.5. The number of aromatic nitrogens is 2. The van der Waals surface area contributed by atoms with Gasteiger partial charge in [-0.1, -0.05) is 11.6 Å². The molecule has 0 bridgehead atoms. The Morgan fingerprint density at radius 2 is 1.79 bits per heavy atom. The SMILES string of the molecule is Cc1c(C(=O)N[C@@H](C)C(=O)N2CCC3(CC2)CC3)cnn1-c1ccc(Cl)cc1. The zero-order valence-electron chi connectivity index (χ0n) is 16.2. The van der Waals surface area contributed by atoms with Crippen LogP contribution in [0.25, 0.3) is 5.69 Å². The minimum absolute atomic E-state index is 0.00778. The van der Waals surface area contributed by atoms with Gasteiger partial charge in [0.2, 0.25) is 5.91 Å². The third-order valence-electron chi connectivity index (χ3n) is 6.14. The maximum Gasteiger partial charge on any atom is 0.255 e. The molecule has 2 heterocycles. The summed E-state index contributed by atoms with van der Waals surface area (Å²) in [6, 6.07) is 6.70. The van der Waals surface area contributed by atoms with E-state index in [0.29, 0.717) is 21.7 Å². The van der Waals surface area contributed by atoms with Gasteiger partial charge in [0.25, 0.3) is 5.91 Å². The fraction of sp³-hybridized carbons (Fsp3) is 0.476. The monoisotopic (exact) mass is 400 g/mol. The Morgan fingerprint density at radius 1 is 1.14 bits per heavy atom. The molecule has 1 aliphatic carbocycles. The van der Waals surface area contributed by atoms with E-state index in [4.69, 9.17) is 11.6 Å². The number of amides is 2. The van der Waals surface area contributed by atoms with Crippen molar-refractivity contribution in [3.05, 3.63) is 46.7 Å². The van der Waals surface area contributed by atoms with Crippen LogP contribution in [0.1, 0.15) is 48.7 Å². The molecule has 1 saturated heterocycles. The fourth-order valence-corrected chi connectivity index (χ4v) is 4.09. The van der Waals surface area contributed by atoms with Gasteiger partial charge in [-0.15, -0.1) is 0 Å². The van der Waals surface area contributed by atoms with Gasteiger partial charge < -0.3 is 10.2 Å². The van der Waals surface area contributed by atoms with Crippen molar-refractivity contribution >= 4 is 23.4 Å². The number of halogens is 1. The summed E-state index contributed by atoms with van der Waals surface area (Å²) in [6.45, 7) is 5.18. The van der Waals surface area contributed by atoms with Crippen molar-refractivity contribution in [3.8, 4) is 5.69 Å². The Labute approximate surface area is 169 Å². The topological polar surface area (TPSA) is 67.2 Å². The second kappa shape index (κ2) is 7.24. The van der Waals surface area contributed by atoms with E-state index in [-0.39, 0.29) is 11.8 Å². The van der Waals surface area contributed by atoms with Crippen LogP contribution in [0.4, 0.5) is 0 Å². The molecule has 1 saturated carbocycles. The minimum Gasteiger partial charge on any atom is -0.341 e. The summed E-state index contributed by atoms with van der Waals surface area (Å²) >= 11 is 5.93. The normalized spacial score (nSPS) is 18.8. The number of rotatable bonds is 4.